The number of hydrogen-bond donors (Lipinski definition) is 1. The van der Waals surface area contributed by atoms with E-state index >= 15 is 0 Å². The maximum Gasteiger partial charge on any atom is 0.422 e. The fourth-order valence-corrected chi connectivity index (χ4v) is 1.06. The van der Waals surface area contributed by atoms with Crippen LogP contribution in [-0.2, 0) is 14.3 Å². The van der Waals surface area contributed by atoms with Crippen molar-refractivity contribution in [3.8, 4) is 0 Å². The molecule has 0 saturated heterocycles. The van der Waals surface area contributed by atoms with E-state index in [0.717, 1.165) is 19.3 Å². The molecule has 1 N–H and O–H groups in total. The summed E-state index contributed by atoms with van der Waals surface area (Å²) in [5, 5.41) is 8.21. The van der Waals surface area contributed by atoms with Crippen molar-refractivity contribution in [2.24, 2.45) is 0 Å². The molecule has 0 unspecified atom stereocenters. The van der Waals surface area contributed by atoms with E-state index in [9.17, 15) is 9.59 Å². The number of carbonyl (C=O) groups is 2. The zero-order chi connectivity index (χ0) is 8.97. The van der Waals surface area contributed by atoms with Crippen LogP contribution in [0, 0.1) is 0 Å². The van der Waals surface area contributed by atoms with Crippen LogP contribution in [0.15, 0.2) is 11.8 Å². The summed E-state index contributed by atoms with van der Waals surface area (Å²) in [4.78, 5) is 20.6. The molecule has 66 valence electrons. The summed E-state index contributed by atoms with van der Waals surface area (Å²) in [5.41, 5.74) is 0. The first-order valence-corrected chi connectivity index (χ1v) is 3.84. The van der Waals surface area contributed by atoms with Gasteiger partial charge in [0.2, 0.25) is 0 Å². The van der Waals surface area contributed by atoms with E-state index in [2.05, 4.69) is 4.74 Å². The molecule has 0 bridgehead atoms. The molecule has 0 aromatic heterocycles. The molecule has 1 rings (SSSR count). The molecular weight excluding hydrogens is 160 g/mol. The fraction of sp³-hybridized carbons (Fsp3) is 0.500. The molecule has 0 aromatic carbocycles. The van der Waals surface area contributed by atoms with Crippen LogP contribution in [0.3, 0.4) is 0 Å². The summed E-state index contributed by atoms with van der Waals surface area (Å²) in [6.07, 6.45) is 5.33. The molecule has 0 atom stereocenters. The van der Waals surface area contributed by atoms with E-state index in [1.807, 2.05) is 0 Å². The average molecular weight is 170 g/mol. The minimum absolute atomic E-state index is 0.494. The Morgan fingerprint density at radius 3 is 2.67 bits per heavy atom. The van der Waals surface area contributed by atoms with E-state index in [0.29, 0.717) is 12.2 Å². The lowest BCUT2D eigenvalue weighted by Crippen LogP contribution is -2.16. The van der Waals surface area contributed by atoms with E-state index < -0.39 is 11.9 Å². The highest BCUT2D eigenvalue weighted by molar-refractivity contribution is 6.28. The van der Waals surface area contributed by atoms with Gasteiger partial charge in [-0.3, -0.25) is 0 Å². The zero-order valence-corrected chi connectivity index (χ0v) is 6.58. The van der Waals surface area contributed by atoms with Crippen molar-refractivity contribution in [3.63, 3.8) is 0 Å². The number of carboxylic acid groups (broad SMARTS) is 1. The second kappa shape index (κ2) is 3.90. The van der Waals surface area contributed by atoms with Gasteiger partial charge >= 0.3 is 11.9 Å². The predicted molar refractivity (Wildman–Crippen MR) is 40.3 cm³/mol. The van der Waals surface area contributed by atoms with Crippen LogP contribution in [0.2, 0.25) is 0 Å². The van der Waals surface area contributed by atoms with Crippen LogP contribution in [0.1, 0.15) is 25.7 Å². The van der Waals surface area contributed by atoms with Crippen molar-refractivity contribution in [2.75, 3.05) is 0 Å². The third kappa shape index (κ3) is 2.38. The van der Waals surface area contributed by atoms with Gasteiger partial charge in [-0.2, -0.15) is 0 Å². The van der Waals surface area contributed by atoms with Gasteiger partial charge in [0.1, 0.15) is 5.76 Å². The highest BCUT2D eigenvalue weighted by Gasteiger charge is 2.16. The topological polar surface area (TPSA) is 63.6 Å². The molecule has 0 aliphatic heterocycles. The molecule has 0 radical (unpaired) electrons. The number of allylic oxidation sites excluding steroid dienone is 2. The molecule has 0 aromatic rings. The maximum atomic E-state index is 10.5. The summed E-state index contributed by atoms with van der Waals surface area (Å²) in [6, 6.07) is 0. The Hall–Kier alpha value is -1.32. The fourth-order valence-electron chi connectivity index (χ4n) is 1.06. The Morgan fingerprint density at radius 1 is 1.42 bits per heavy atom. The second-order valence-electron chi connectivity index (χ2n) is 2.61. The Bertz CT molecular complexity index is 229. The molecular formula is C8H10O4. The first-order valence-electron chi connectivity index (χ1n) is 3.84. The normalized spacial score (nSPS) is 16.5. The van der Waals surface area contributed by atoms with Gasteiger partial charge < -0.3 is 9.84 Å². The highest BCUT2D eigenvalue weighted by Crippen LogP contribution is 2.17. The molecule has 0 heterocycles. The van der Waals surface area contributed by atoms with Crippen molar-refractivity contribution in [3.05, 3.63) is 11.8 Å². The highest BCUT2D eigenvalue weighted by atomic mass is 16.6. The molecule has 1 aliphatic carbocycles. The van der Waals surface area contributed by atoms with Gasteiger partial charge in [-0.15, -0.1) is 0 Å². The van der Waals surface area contributed by atoms with Crippen LogP contribution >= 0.6 is 0 Å². The predicted octanol–water partition coefficient (Wildman–Crippen LogP) is 1.07. The minimum Gasteiger partial charge on any atom is -0.473 e. The maximum absolute atomic E-state index is 10.5. The lowest BCUT2D eigenvalue weighted by molar-refractivity contribution is -0.161. The lowest BCUT2D eigenvalue weighted by atomic mass is 10.1. The van der Waals surface area contributed by atoms with Gasteiger partial charge in [-0.25, -0.2) is 9.59 Å². The van der Waals surface area contributed by atoms with E-state index in [1.54, 1.807) is 6.08 Å². The quantitative estimate of drug-likeness (QED) is 0.472. The number of carboxylic acids is 1. The Morgan fingerprint density at radius 2 is 2.17 bits per heavy atom. The van der Waals surface area contributed by atoms with E-state index in [-0.39, 0.29) is 0 Å². The molecule has 4 nitrogen and oxygen atoms in total. The van der Waals surface area contributed by atoms with Gasteiger partial charge in [0, 0.05) is 6.42 Å². The van der Waals surface area contributed by atoms with Gasteiger partial charge in [0.25, 0.3) is 0 Å². The standard InChI is InChI=1S/C8H10O4/c9-7(10)8(11)12-6-4-2-1-3-5-6/h4H,1-3,5H2,(H,9,10). The van der Waals surface area contributed by atoms with Crippen molar-refractivity contribution < 1.29 is 19.4 Å². The Balaban J connectivity index is 2.44. The molecule has 0 fully saturated rings. The van der Waals surface area contributed by atoms with Crippen LogP contribution in [0.4, 0.5) is 0 Å². The van der Waals surface area contributed by atoms with Crippen LogP contribution < -0.4 is 0 Å². The first kappa shape index (κ1) is 8.77. The van der Waals surface area contributed by atoms with Crippen molar-refractivity contribution in [2.45, 2.75) is 25.7 Å². The third-order valence-corrected chi connectivity index (χ3v) is 1.65. The van der Waals surface area contributed by atoms with Crippen LogP contribution in [-0.4, -0.2) is 17.0 Å². The van der Waals surface area contributed by atoms with Gasteiger partial charge in [-0.05, 0) is 25.3 Å². The number of esters is 1. The van der Waals surface area contributed by atoms with Crippen molar-refractivity contribution in [1.29, 1.82) is 0 Å². The van der Waals surface area contributed by atoms with Gasteiger partial charge in [-0.1, -0.05) is 0 Å². The van der Waals surface area contributed by atoms with Crippen molar-refractivity contribution in [1.82, 2.24) is 0 Å². The summed E-state index contributed by atoms with van der Waals surface area (Å²) in [6.45, 7) is 0. The first-order chi connectivity index (χ1) is 5.70. The molecule has 0 saturated carbocycles. The zero-order valence-electron chi connectivity index (χ0n) is 6.58. The summed E-state index contributed by atoms with van der Waals surface area (Å²) in [7, 11) is 0. The Labute approximate surface area is 69.8 Å². The summed E-state index contributed by atoms with van der Waals surface area (Å²) >= 11 is 0. The van der Waals surface area contributed by atoms with Crippen LogP contribution in [0.25, 0.3) is 0 Å². The molecule has 1 aliphatic rings. The molecule has 4 heteroatoms. The van der Waals surface area contributed by atoms with Crippen LogP contribution in [0.5, 0.6) is 0 Å². The number of ether oxygens (including phenoxy) is 1. The largest absolute Gasteiger partial charge is 0.473 e. The number of aliphatic carboxylic acids is 1. The molecule has 12 heavy (non-hydrogen) atoms. The Kier molecular flexibility index (Phi) is 2.85. The molecule has 0 amide bonds. The smallest absolute Gasteiger partial charge is 0.422 e. The number of rotatable bonds is 1. The third-order valence-electron chi connectivity index (χ3n) is 1.65. The minimum atomic E-state index is -1.54. The second-order valence-corrected chi connectivity index (χ2v) is 2.61. The summed E-state index contributed by atoms with van der Waals surface area (Å²) < 4.78 is 4.58. The lowest BCUT2D eigenvalue weighted by Gasteiger charge is -2.10. The summed E-state index contributed by atoms with van der Waals surface area (Å²) in [5.74, 6) is -2.24. The number of carbonyl (C=O) groups excluding carboxylic acids is 1. The number of hydrogen-bond acceptors (Lipinski definition) is 3. The van der Waals surface area contributed by atoms with Crippen molar-refractivity contribution >= 4 is 11.9 Å². The van der Waals surface area contributed by atoms with Gasteiger partial charge in [0.15, 0.2) is 0 Å². The SMILES string of the molecule is O=C(O)C(=O)OC1=CCCCC1. The monoisotopic (exact) mass is 170 g/mol. The van der Waals surface area contributed by atoms with E-state index in [1.165, 1.54) is 0 Å². The average Bonchev–Trinajstić information content (AvgIpc) is 2.06. The molecule has 0 spiro atoms. The van der Waals surface area contributed by atoms with Gasteiger partial charge in [0.05, 0.1) is 0 Å². The van der Waals surface area contributed by atoms with E-state index in [4.69, 9.17) is 5.11 Å².